The Morgan fingerprint density at radius 3 is 2.70 bits per heavy atom. The lowest BCUT2D eigenvalue weighted by atomic mass is 9.83. The molecule has 1 heterocycles. The van der Waals surface area contributed by atoms with E-state index in [4.69, 9.17) is 4.74 Å². The molecule has 0 bridgehead atoms. The van der Waals surface area contributed by atoms with Crippen LogP contribution in [0.5, 0.6) is 0 Å². The Balaban J connectivity index is 1.58. The van der Waals surface area contributed by atoms with Crippen molar-refractivity contribution in [3.8, 4) is 0 Å². The van der Waals surface area contributed by atoms with E-state index in [1.54, 1.807) is 49.7 Å². The van der Waals surface area contributed by atoms with Crippen LogP contribution < -0.4 is 10.0 Å². The molecular weight excluding hydrogens is 368 g/mol. The van der Waals surface area contributed by atoms with Crippen LogP contribution in [0.25, 0.3) is 0 Å². The molecule has 1 aliphatic carbocycles. The van der Waals surface area contributed by atoms with Gasteiger partial charge >= 0.3 is 0 Å². The van der Waals surface area contributed by atoms with Gasteiger partial charge in [-0.05, 0) is 37.5 Å². The zero-order valence-electron chi connectivity index (χ0n) is 15.1. The van der Waals surface area contributed by atoms with Crippen molar-refractivity contribution in [2.45, 2.75) is 42.8 Å². The summed E-state index contributed by atoms with van der Waals surface area (Å²) >= 11 is 0. The van der Waals surface area contributed by atoms with Crippen LogP contribution in [-0.4, -0.2) is 43.8 Å². The zero-order chi connectivity index (χ0) is 19.3. The number of rotatable bonds is 7. The number of aromatic amines is 1. The van der Waals surface area contributed by atoms with Gasteiger partial charge in [-0.1, -0.05) is 18.2 Å². The molecule has 0 saturated heterocycles. The van der Waals surface area contributed by atoms with Crippen molar-refractivity contribution in [2.24, 2.45) is 5.92 Å². The van der Waals surface area contributed by atoms with Gasteiger partial charge in [0.1, 0.15) is 0 Å². The molecule has 1 aromatic heterocycles. The Morgan fingerprint density at radius 1 is 1.26 bits per heavy atom. The zero-order valence-corrected chi connectivity index (χ0v) is 15.9. The van der Waals surface area contributed by atoms with E-state index in [0.717, 1.165) is 5.69 Å². The number of amides is 1. The first-order chi connectivity index (χ1) is 13.0. The Bertz CT molecular complexity index is 840. The van der Waals surface area contributed by atoms with E-state index in [1.165, 1.54) is 0 Å². The van der Waals surface area contributed by atoms with Gasteiger partial charge in [0.05, 0.1) is 23.2 Å². The number of carbonyl (C=O) groups excluding carboxylic acids is 1. The molecule has 1 saturated carbocycles. The van der Waals surface area contributed by atoms with Gasteiger partial charge in [0.25, 0.3) is 0 Å². The van der Waals surface area contributed by atoms with E-state index >= 15 is 0 Å². The third kappa shape index (κ3) is 4.94. The first-order valence-electron chi connectivity index (χ1n) is 8.85. The van der Waals surface area contributed by atoms with Crippen LogP contribution in [-0.2, 0) is 26.1 Å². The van der Waals surface area contributed by atoms with E-state index in [1.807, 2.05) is 0 Å². The van der Waals surface area contributed by atoms with E-state index < -0.39 is 10.0 Å². The fourth-order valence-electron chi connectivity index (χ4n) is 3.34. The predicted molar refractivity (Wildman–Crippen MR) is 99.1 cm³/mol. The molecule has 3 atom stereocenters. The monoisotopic (exact) mass is 392 g/mol. The Kier molecular flexibility index (Phi) is 6.25. The lowest BCUT2D eigenvalue weighted by Crippen LogP contribution is -2.49. The van der Waals surface area contributed by atoms with Crippen molar-refractivity contribution in [3.05, 3.63) is 48.3 Å². The minimum absolute atomic E-state index is 0.0592. The second-order valence-corrected chi connectivity index (χ2v) is 8.34. The smallest absolute Gasteiger partial charge is 0.240 e. The van der Waals surface area contributed by atoms with Crippen LogP contribution >= 0.6 is 0 Å². The molecular formula is C18H24N4O4S. The van der Waals surface area contributed by atoms with Crippen molar-refractivity contribution in [2.75, 3.05) is 7.11 Å². The van der Waals surface area contributed by atoms with Crippen LogP contribution in [0.15, 0.2) is 47.5 Å². The molecule has 8 nitrogen and oxygen atoms in total. The summed E-state index contributed by atoms with van der Waals surface area (Å²) in [6.07, 6.45) is 2.86. The van der Waals surface area contributed by atoms with Gasteiger partial charge in [-0.2, -0.15) is 5.10 Å². The molecule has 0 radical (unpaired) electrons. The second kappa shape index (κ2) is 8.64. The topological polar surface area (TPSA) is 113 Å². The summed E-state index contributed by atoms with van der Waals surface area (Å²) < 4.78 is 33.3. The average Bonchev–Trinajstić information content (AvgIpc) is 3.20. The quantitative estimate of drug-likeness (QED) is 0.655. The van der Waals surface area contributed by atoms with Crippen molar-refractivity contribution >= 4 is 15.9 Å². The van der Waals surface area contributed by atoms with Crippen molar-refractivity contribution < 1.29 is 17.9 Å². The number of aromatic nitrogens is 2. The summed E-state index contributed by atoms with van der Waals surface area (Å²) in [4.78, 5) is 12.7. The first-order valence-corrected chi connectivity index (χ1v) is 10.3. The number of nitrogens with zero attached hydrogens (tertiary/aromatic N) is 1. The molecule has 0 aliphatic heterocycles. The highest BCUT2D eigenvalue weighted by Gasteiger charge is 2.36. The minimum atomic E-state index is -3.62. The fourth-order valence-corrected chi connectivity index (χ4v) is 4.66. The molecule has 1 aromatic carbocycles. The van der Waals surface area contributed by atoms with Crippen LogP contribution in [0.2, 0.25) is 0 Å². The van der Waals surface area contributed by atoms with Gasteiger partial charge in [-0.25, -0.2) is 13.1 Å². The normalized spacial score (nSPS) is 23.1. The Labute approximate surface area is 158 Å². The molecule has 1 fully saturated rings. The Hall–Kier alpha value is -2.23. The molecule has 3 rings (SSSR count). The molecule has 1 aliphatic rings. The molecule has 27 heavy (non-hydrogen) atoms. The van der Waals surface area contributed by atoms with Gasteiger partial charge in [0.2, 0.25) is 15.9 Å². The summed E-state index contributed by atoms with van der Waals surface area (Å²) in [5, 5.41) is 9.53. The van der Waals surface area contributed by atoms with E-state index in [-0.39, 0.29) is 28.9 Å². The molecule has 146 valence electrons. The molecule has 1 amide bonds. The van der Waals surface area contributed by atoms with E-state index in [9.17, 15) is 13.2 Å². The largest absolute Gasteiger partial charge is 0.380 e. The maximum absolute atomic E-state index is 12.6. The van der Waals surface area contributed by atoms with Crippen molar-refractivity contribution in [1.82, 2.24) is 20.2 Å². The predicted octanol–water partition coefficient (Wildman–Crippen LogP) is 1.19. The summed E-state index contributed by atoms with van der Waals surface area (Å²) in [5.74, 6) is -0.272. The summed E-state index contributed by atoms with van der Waals surface area (Å²) in [7, 11) is -2.08. The molecule has 9 heteroatoms. The SMILES string of the molecule is CO[C@@H]1C[C@@H](C(=O)NCc2ccn[nH]2)CC[C@H]1NS(=O)(=O)c1ccccc1. The molecule has 2 aromatic rings. The first kappa shape index (κ1) is 19.5. The van der Waals surface area contributed by atoms with E-state index in [0.29, 0.717) is 25.8 Å². The highest BCUT2D eigenvalue weighted by atomic mass is 32.2. The summed E-state index contributed by atoms with van der Waals surface area (Å²) in [5.41, 5.74) is 0.830. The second-order valence-electron chi connectivity index (χ2n) is 6.62. The summed E-state index contributed by atoms with van der Waals surface area (Å²) in [6.45, 7) is 0.386. The summed E-state index contributed by atoms with van der Waals surface area (Å²) in [6, 6.07) is 9.68. The molecule has 3 N–H and O–H groups in total. The third-order valence-corrected chi connectivity index (χ3v) is 6.34. The van der Waals surface area contributed by atoms with E-state index in [2.05, 4.69) is 20.2 Å². The van der Waals surface area contributed by atoms with Gasteiger partial charge in [0, 0.05) is 25.3 Å². The van der Waals surface area contributed by atoms with Crippen molar-refractivity contribution in [3.63, 3.8) is 0 Å². The van der Waals surface area contributed by atoms with Crippen LogP contribution in [0, 0.1) is 5.92 Å². The third-order valence-electron chi connectivity index (χ3n) is 4.84. The van der Waals surface area contributed by atoms with Gasteiger partial charge < -0.3 is 10.1 Å². The molecule has 0 unspecified atom stereocenters. The number of hydrogen-bond acceptors (Lipinski definition) is 5. The lowest BCUT2D eigenvalue weighted by molar-refractivity contribution is -0.128. The fraction of sp³-hybridized carbons (Fsp3) is 0.444. The number of hydrogen-bond donors (Lipinski definition) is 3. The average molecular weight is 392 g/mol. The highest BCUT2D eigenvalue weighted by molar-refractivity contribution is 7.89. The van der Waals surface area contributed by atoms with Crippen LogP contribution in [0.4, 0.5) is 0 Å². The van der Waals surface area contributed by atoms with Gasteiger partial charge in [0.15, 0.2) is 0 Å². The maximum Gasteiger partial charge on any atom is 0.240 e. The van der Waals surface area contributed by atoms with Gasteiger partial charge in [-0.15, -0.1) is 0 Å². The van der Waals surface area contributed by atoms with Crippen molar-refractivity contribution in [1.29, 1.82) is 0 Å². The maximum atomic E-state index is 12.6. The highest BCUT2D eigenvalue weighted by Crippen LogP contribution is 2.28. The number of sulfonamides is 1. The number of H-pyrrole nitrogens is 1. The lowest BCUT2D eigenvalue weighted by Gasteiger charge is -2.34. The number of methoxy groups -OCH3 is 1. The van der Waals surface area contributed by atoms with Crippen LogP contribution in [0.1, 0.15) is 25.0 Å². The Morgan fingerprint density at radius 2 is 2.04 bits per heavy atom. The minimum Gasteiger partial charge on any atom is -0.380 e. The number of benzene rings is 1. The molecule has 0 spiro atoms. The van der Waals surface area contributed by atoms with Gasteiger partial charge in [-0.3, -0.25) is 9.89 Å². The number of nitrogens with one attached hydrogen (secondary N) is 3. The van der Waals surface area contributed by atoms with Crippen LogP contribution in [0.3, 0.4) is 0 Å². The number of carbonyl (C=O) groups is 1. The standard InChI is InChI=1S/C18H24N4O4S/c1-26-17-11-13(18(23)19-12-14-9-10-20-21-14)7-8-16(17)22-27(24,25)15-5-3-2-4-6-15/h2-6,9-10,13,16-17,22H,7-8,11-12H2,1H3,(H,19,23)(H,20,21)/t13-,16+,17+/m0/s1. The number of ether oxygens (including phenoxy) is 1.